The Balaban J connectivity index is 2.00. The van der Waals surface area contributed by atoms with E-state index in [2.05, 4.69) is 10.00 Å². The highest BCUT2D eigenvalue weighted by Gasteiger charge is 2.07. The summed E-state index contributed by atoms with van der Waals surface area (Å²) in [7, 11) is 1.69. The van der Waals surface area contributed by atoms with Crippen LogP contribution in [0.3, 0.4) is 0 Å². The van der Waals surface area contributed by atoms with E-state index in [1.807, 2.05) is 47.4 Å². The van der Waals surface area contributed by atoms with Crippen molar-refractivity contribution < 1.29 is 9.84 Å². The average molecular weight is 275 g/mol. The van der Waals surface area contributed by atoms with Crippen LogP contribution in [0.15, 0.2) is 42.7 Å². The lowest BCUT2D eigenvalue weighted by Crippen LogP contribution is -2.29. The molecule has 1 aromatic carbocycles. The largest absolute Gasteiger partial charge is 0.395 e. The van der Waals surface area contributed by atoms with Gasteiger partial charge in [0.1, 0.15) is 0 Å². The molecule has 0 aliphatic heterocycles. The van der Waals surface area contributed by atoms with Crippen LogP contribution in [0.1, 0.15) is 5.56 Å². The number of benzene rings is 1. The third-order valence-electron chi connectivity index (χ3n) is 3.09. The standard InChI is InChI=1S/C15H21N3O2/c1-20-10-8-17(7-9-19)12-14-11-16-18(13-14)15-5-3-2-4-6-15/h2-6,11,13,19H,7-10,12H2,1H3. The predicted molar refractivity (Wildman–Crippen MR) is 77.8 cm³/mol. The van der Waals surface area contributed by atoms with Crippen LogP contribution < -0.4 is 0 Å². The summed E-state index contributed by atoms with van der Waals surface area (Å²) in [6.07, 6.45) is 3.89. The summed E-state index contributed by atoms with van der Waals surface area (Å²) in [5.41, 5.74) is 2.17. The first-order valence-corrected chi connectivity index (χ1v) is 6.74. The molecule has 0 saturated heterocycles. The van der Waals surface area contributed by atoms with Crippen molar-refractivity contribution in [2.75, 3.05) is 33.4 Å². The molecule has 5 heteroatoms. The minimum Gasteiger partial charge on any atom is -0.395 e. The minimum atomic E-state index is 0.149. The monoisotopic (exact) mass is 275 g/mol. The van der Waals surface area contributed by atoms with Crippen LogP contribution in [0.2, 0.25) is 0 Å². The number of hydrogen-bond acceptors (Lipinski definition) is 4. The molecule has 1 aromatic heterocycles. The van der Waals surface area contributed by atoms with E-state index in [4.69, 9.17) is 9.84 Å². The smallest absolute Gasteiger partial charge is 0.0645 e. The van der Waals surface area contributed by atoms with Crippen molar-refractivity contribution in [1.82, 2.24) is 14.7 Å². The summed E-state index contributed by atoms with van der Waals surface area (Å²) in [4.78, 5) is 2.15. The van der Waals surface area contributed by atoms with Crippen molar-refractivity contribution in [3.05, 3.63) is 48.3 Å². The van der Waals surface area contributed by atoms with Gasteiger partial charge in [0, 0.05) is 38.5 Å². The van der Waals surface area contributed by atoms with E-state index in [1.165, 1.54) is 0 Å². The van der Waals surface area contributed by atoms with Crippen molar-refractivity contribution >= 4 is 0 Å². The molecule has 20 heavy (non-hydrogen) atoms. The molecule has 0 saturated carbocycles. The van der Waals surface area contributed by atoms with Crippen molar-refractivity contribution in [3.63, 3.8) is 0 Å². The second kappa shape index (κ2) is 7.79. The van der Waals surface area contributed by atoms with Gasteiger partial charge in [-0.3, -0.25) is 4.90 Å². The number of aliphatic hydroxyl groups excluding tert-OH is 1. The third kappa shape index (κ3) is 4.16. The molecule has 0 aliphatic rings. The molecule has 0 aliphatic carbocycles. The molecule has 0 fully saturated rings. The van der Waals surface area contributed by atoms with Gasteiger partial charge in [-0.25, -0.2) is 4.68 Å². The number of hydrogen-bond donors (Lipinski definition) is 1. The maximum atomic E-state index is 9.09. The highest BCUT2D eigenvalue weighted by atomic mass is 16.5. The summed E-state index contributed by atoms with van der Waals surface area (Å²) in [5, 5.41) is 13.5. The normalized spacial score (nSPS) is 11.2. The molecule has 1 heterocycles. The number of ether oxygens (including phenoxy) is 1. The molecule has 5 nitrogen and oxygen atoms in total. The van der Waals surface area contributed by atoms with Gasteiger partial charge < -0.3 is 9.84 Å². The molecular weight excluding hydrogens is 254 g/mol. The Bertz CT molecular complexity index is 499. The van der Waals surface area contributed by atoms with Crippen molar-refractivity contribution in [3.8, 4) is 5.69 Å². The first-order valence-electron chi connectivity index (χ1n) is 6.74. The summed E-state index contributed by atoms with van der Waals surface area (Å²) in [6, 6.07) is 10.0. The van der Waals surface area contributed by atoms with Gasteiger partial charge in [-0.05, 0) is 12.1 Å². The molecule has 2 rings (SSSR count). The maximum absolute atomic E-state index is 9.09. The molecule has 2 aromatic rings. The average Bonchev–Trinajstić information content (AvgIpc) is 2.94. The number of para-hydroxylation sites is 1. The zero-order valence-electron chi connectivity index (χ0n) is 11.8. The Kier molecular flexibility index (Phi) is 5.73. The van der Waals surface area contributed by atoms with Crippen molar-refractivity contribution in [2.45, 2.75) is 6.54 Å². The Morgan fingerprint density at radius 1 is 1.25 bits per heavy atom. The molecular formula is C15H21N3O2. The molecule has 0 spiro atoms. The zero-order valence-corrected chi connectivity index (χ0v) is 11.8. The van der Waals surface area contributed by atoms with E-state index in [0.717, 1.165) is 24.3 Å². The van der Waals surface area contributed by atoms with Crippen LogP contribution in [0.4, 0.5) is 0 Å². The fourth-order valence-corrected chi connectivity index (χ4v) is 2.05. The molecule has 0 unspecified atom stereocenters. The second-order valence-electron chi connectivity index (χ2n) is 4.62. The first-order chi connectivity index (χ1) is 9.83. The zero-order chi connectivity index (χ0) is 14.2. The number of aliphatic hydroxyl groups is 1. The van der Waals surface area contributed by atoms with Gasteiger partial charge in [0.25, 0.3) is 0 Å². The summed E-state index contributed by atoms with van der Waals surface area (Å²) in [5.74, 6) is 0. The fourth-order valence-electron chi connectivity index (χ4n) is 2.05. The SMILES string of the molecule is COCCN(CCO)Cc1cnn(-c2ccccc2)c1. The van der Waals surface area contributed by atoms with E-state index in [-0.39, 0.29) is 6.61 Å². The Morgan fingerprint density at radius 3 is 2.75 bits per heavy atom. The summed E-state index contributed by atoms with van der Waals surface area (Å²) >= 11 is 0. The quantitative estimate of drug-likeness (QED) is 0.789. The lowest BCUT2D eigenvalue weighted by Gasteiger charge is -2.19. The van der Waals surface area contributed by atoms with Gasteiger partial charge >= 0.3 is 0 Å². The van der Waals surface area contributed by atoms with E-state index in [9.17, 15) is 0 Å². The molecule has 0 atom stereocenters. The van der Waals surface area contributed by atoms with Crippen LogP contribution >= 0.6 is 0 Å². The number of rotatable bonds is 8. The molecule has 0 bridgehead atoms. The summed E-state index contributed by atoms with van der Waals surface area (Å²) < 4.78 is 6.95. The van der Waals surface area contributed by atoms with Crippen LogP contribution in [-0.2, 0) is 11.3 Å². The van der Waals surface area contributed by atoms with Gasteiger partial charge in [-0.1, -0.05) is 18.2 Å². The van der Waals surface area contributed by atoms with Gasteiger partial charge in [-0.2, -0.15) is 5.10 Å². The van der Waals surface area contributed by atoms with Crippen LogP contribution in [-0.4, -0.2) is 53.2 Å². The minimum absolute atomic E-state index is 0.149. The Labute approximate surface area is 119 Å². The van der Waals surface area contributed by atoms with E-state index < -0.39 is 0 Å². The molecule has 0 radical (unpaired) electrons. The van der Waals surface area contributed by atoms with Gasteiger partial charge in [0.15, 0.2) is 0 Å². The molecule has 1 N–H and O–H groups in total. The Morgan fingerprint density at radius 2 is 2.05 bits per heavy atom. The Hall–Kier alpha value is -1.69. The number of aromatic nitrogens is 2. The van der Waals surface area contributed by atoms with Crippen LogP contribution in [0, 0.1) is 0 Å². The number of methoxy groups -OCH3 is 1. The van der Waals surface area contributed by atoms with Crippen molar-refractivity contribution in [1.29, 1.82) is 0 Å². The van der Waals surface area contributed by atoms with E-state index in [1.54, 1.807) is 7.11 Å². The fraction of sp³-hybridized carbons (Fsp3) is 0.400. The van der Waals surface area contributed by atoms with Crippen molar-refractivity contribution in [2.24, 2.45) is 0 Å². The van der Waals surface area contributed by atoms with Gasteiger partial charge in [0.05, 0.1) is 25.1 Å². The second-order valence-corrected chi connectivity index (χ2v) is 4.62. The highest BCUT2D eigenvalue weighted by Crippen LogP contribution is 2.09. The van der Waals surface area contributed by atoms with Gasteiger partial charge in [-0.15, -0.1) is 0 Å². The topological polar surface area (TPSA) is 50.5 Å². The third-order valence-corrected chi connectivity index (χ3v) is 3.09. The lowest BCUT2D eigenvalue weighted by atomic mass is 10.3. The predicted octanol–water partition coefficient (Wildman–Crippen LogP) is 1.31. The molecule has 0 amide bonds. The van der Waals surface area contributed by atoms with Gasteiger partial charge in [0.2, 0.25) is 0 Å². The van der Waals surface area contributed by atoms with E-state index in [0.29, 0.717) is 13.2 Å². The highest BCUT2D eigenvalue weighted by molar-refractivity contribution is 5.30. The maximum Gasteiger partial charge on any atom is 0.0645 e. The van der Waals surface area contributed by atoms with Crippen LogP contribution in [0.25, 0.3) is 5.69 Å². The van der Waals surface area contributed by atoms with Crippen LogP contribution in [0.5, 0.6) is 0 Å². The lowest BCUT2D eigenvalue weighted by molar-refractivity contribution is 0.127. The van der Waals surface area contributed by atoms with E-state index >= 15 is 0 Å². The summed E-state index contributed by atoms with van der Waals surface area (Å²) in [6.45, 7) is 3.01. The first kappa shape index (κ1) is 14.7. The molecule has 108 valence electrons. The number of nitrogens with zero attached hydrogens (tertiary/aromatic N) is 3.